The Morgan fingerprint density at radius 2 is 2.31 bits per heavy atom. The van der Waals surface area contributed by atoms with Gasteiger partial charge in [0, 0.05) is 5.69 Å². The van der Waals surface area contributed by atoms with Crippen molar-refractivity contribution in [2.24, 2.45) is 0 Å². The molecule has 0 fully saturated rings. The molecule has 0 radical (unpaired) electrons. The summed E-state index contributed by atoms with van der Waals surface area (Å²) in [5.41, 5.74) is 3.43. The maximum Gasteiger partial charge on any atom is 0.232 e. The summed E-state index contributed by atoms with van der Waals surface area (Å²) in [6, 6.07) is 6.25. The van der Waals surface area contributed by atoms with Crippen LogP contribution in [-0.2, 0) is 17.6 Å². The predicted octanol–water partition coefficient (Wildman–Crippen LogP) is 1.22. The number of benzene rings is 1. The Labute approximate surface area is 101 Å². The lowest BCUT2D eigenvalue weighted by molar-refractivity contribution is -0.117. The van der Waals surface area contributed by atoms with Crippen LogP contribution in [-0.4, -0.2) is 25.4 Å². The molecule has 2 rings (SSSR count). The SMILES string of the molecule is CNCCc1ccc2c(c1)CC(=O)N2CS. The molecule has 1 amide bonds. The minimum Gasteiger partial charge on any atom is -0.319 e. The number of nitrogens with one attached hydrogen (secondary N) is 1. The van der Waals surface area contributed by atoms with Crippen LogP contribution in [0.15, 0.2) is 18.2 Å². The molecule has 0 aromatic heterocycles. The molecule has 4 heteroatoms. The highest BCUT2D eigenvalue weighted by molar-refractivity contribution is 7.80. The first-order chi connectivity index (χ1) is 7.76. The fraction of sp³-hybridized carbons (Fsp3) is 0.417. The molecule has 0 bridgehead atoms. The Morgan fingerprint density at radius 1 is 1.50 bits per heavy atom. The van der Waals surface area contributed by atoms with Gasteiger partial charge in [-0.15, -0.1) is 0 Å². The van der Waals surface area contributed by atoms with Gasteiger partial charge in [-0.1, -0.05) is 12.1 Å². The van der Waals surface area contributed by atoms with E-state index in [1.807, 2.05) is 13.1 Å². The lowest BCUT2D eigenvalue weighted by Crippen LogP contribution is -2.24. The van der Waals surface area contributed by atoms with Gasteiger partial charge in [0.1, 0.15) is 0 Å². The molecule has 3 nitrogen and oxygen atoms in total. The summed E-state index contributed by atoms with van der Waals surface area (Å²) < 4.78 is 0. The molecule has 16 heavy (non-hydrogen) atoms. The Hall–Kier alpha value is -1.00. The van der Waals surface area contributed by atoms with E-state index in [2.05, 4.69) is 30.1 Å². The topological polar surface area (TPSA) is 32.3 Å². The Bertz CT molecular complexity index is 406. The molecule has 0 saturated carbocycles. The standard InChI is InChI=1S/C12H16N2OS/c1-13-5-4-9-2-3-11-10(6-9)7-12(15)14(11)8-16/h2-3,6,13,16H,4-5,7-8H2,1H3. The fourth-order valence-electron chi connectivity index (χ4n) is 2.02. The van der Waals surface area contributed by atoms with Gasteiger partial charge in [-0.2, -0.15) is 12.6 Å². The normalized spacial score (nSPS) is 14.4. The van der Waals surface area contributed by atoms with Gasteiger partial charge >= 0.3 is 0 Å². The van der Waals surface area contributed by atoms with Crippen molar-refractivity contribution in [1.29, 1.82) is 0 Å². The van der Waals surface area contributed by atoms with Crippen LogP contribution in [0.2, 0.25) is 0 Å². The first-order valence-corrected chi connectivity index (χ1v) is 6.07. The summed E-state index contributed by atoms with van der Waals surface area (Å²) in [4.78, 5) is 13.4. The van der Waals surface area contributed by atoms with Gasteiger partial charge in [0.25, 0.3) is 0 Å². The number of amides is 1. The Morgan fingerprint density at radius 3 is 3.00 bits per heavy atom. The Balaban J connectivity index is 2.22. The lowest BCUT2D eigenvalue weighted by atomic mass is 10.1. The molecule has 0 aliphatic carbocycles. The quantitative estimate of drug-likeness (QED) is 0.771. The first-order valence-electron chi connectivity index (χ1n) is 5.44. The number of thiol groups is 1. The minimum atomic E-state index is 0.149. The average molecular weight is 236 g/mol. The maximum absolute atomic E-state index is 11.7. The molecule has 0 unspecified atom stereocenters. The fourth-order valence-corrected chi connectivity index (χ4v) is 2.33. The number of fused-ring (bicyclic) bond motifs is 1. The van der Waals surface area contributed by atoms with Gasteiger partial charge in [-0.05, 0) is 37.2 Å². The smallest absolute Gasteiger partial charge is 0.232 e. The summed E-state index contributed by atoms with van der Waals surface area (Å²) in [5.74, 6) is 0.609. The zero-order valence-electron chi connectivity index (χ0n) is 9.36. The van der Waals surface area contributed by atoms with Crippen molar-refractivity contribution in [2.75, 3.05) is 24.4 Å². The zero-order chi connectivity index (χ0) is 11.5. The predicted molar refractivity (Wildman–Crippen MR) is 69.1 cm³/mol. The number of likely N-dealkylation sites (N-methyl/N-ethyl adjacent to an activating group) is 1. The molecule has 1 heterocycles. The van der Waals surface area contributed by atoms with Gasteiger partial charge in [0.2, 0.25) is 5.91 Å². The third kappa shape index (κ3) is 2.08. The van der Waals surface area contributed by atoms with E-state index < -0.39 is 0 Å². The van der Waals surface area contributed by atoms with Crippen LogP contribution >= 0.6 is 12.6 Å². The number of rotatable bonds is 4. The van der Waals surface area contributed by atoms with Crippen molar-refractivity contribution in [2.45, 2.75) is 12.8 Å². The van der Waals surface area contributed by atoms with Crippen LogP contribution in [0.3, 0.4) is 0 Å². The van der Waals surface area contributed by atoms with Crippen molar-refractivity contribution >= 4 is 24.2 Å². The molecule has 0 saturated heterocycles. The number of carbonyl (C=O) groups is 1. The summed E-state index contributed by atoms with van der Waals surface area (Å²) in [5, 5.41) is 3.12. The monoisotopic (exact) mass is 236 g/mol. The lowest BCUT2D eigenvalue weighted by Gasteiger charge is -2.14. The van der Waals surface area contributed by atoms with Crippen LogP contribution in [0.5, 0.6) is 0 Å². The van der Waals surface area contributed by atoms with Crippen molar-refractivity contribution in [1.82, 2.24) is 5.32 Å². The summed E-state index contributed by atoms with van der Waals surface area (Å²) >= 11 is 4.18. The molecule has 0 atom stereocenters. The molecule has 1 aliphatic heterocycles. The van der Waals surface area contributed by atoms with Crippen LogP contribution in [0, 0.1) is 0 Å². The van der Waals surface area contributed by atoms with Crippen molar-refractivity contribution in [3.63, 3.8) is 0 Å². The zero-order valence-corrected chi connectivity index (χ0v) is 10.3. The third-order valence-electron chi connectivity index (χ3n) is 2.88. The second kappa shape index (κ2) is 4.89. The van der Waals surface area contributed by atoms with E-state index in [1.54, 1.807) is 4.90 Å². The van der Waals surface area contributed by atoms with E-state index in [-0.39, 0.29) is 5.91 Å². The van der Waals surface area contributed by atoms with Gasteiger partial charge < -0.3 is 10.2 Å². The molecular weight excluding hydrogens is 220 g/mol. The second-order valence-corrected chi connectivity index (χ2v) is 4.24. The molecule has 1 N–H and O–H groups in total. The highest BCUT2D eigenvalue weighted by Gasteiger charge is 2.25. The van der Waals surface area contributed by atoms with Crippen molar-refractivity contribution < 1.29 is 4.79 Å². The molecule has 1 aromatic carbocycles. The van der Waals surface area contributed by atoms with Crippen molar-refractivity contribution in [3.05, 3.63) is 29.3 Å². The maximum atomic E-state index is 11.7. The largest absolute Gasteiger partial charge is 0.319 e. The highest BCUT2D eigenvalue weighted by atomic mass is 32.1. The van der Waals surface area contributed by atoms with Crippen LogP contribution < -0.4 is 10.2 Å². The molecule has 1 aromatic rings. The summed E-state index contributed by atoms with van der Waals surface area (Å²) in [6.07, 6.45) is 1.52. The number of nitrogens with zero attached hydrogens (tertiary/aromatic N) is 1. The minimum absolute atomic E-state index is 0.149. The second-order valence-electron chi connectivity index (χ2n) is 3.96. The summed E-state index contributed by atoms with van der Waals surface area (Å²) in [6.45, 7) is 0.961. The van der Waals surface area contributed by atoms with Gasteiger partial charge in [0.15, 0.2) is 0 Å². The van der Waals surface area contributed by atoms with E-state index in [0.29, 0.717) is 12.3 Å². The van der Waals surface area contributed by atoms with Gasteiger partial charge in [-0.25, -0.2) is 0 Å². The molecule has 1 aliphatic rings. The van der Waals surface area contributed by atoms with E-state index in [4.69, 9.17) is 0 Å². The van der Waals surface area contributed by atoms with Crippen LogP contribution in [0.4, 0.5) is 5.69 Å². The number of hydrogen-bond donors (Lipinski definition) is 2. The van der Waals surface area contributed by atoms with Crippen molar-refractivity contribution in [3.8, 4) is 0 Å². The highest BCUT2D eigenvalue weighted by Crippen LogP contribution is 2.29. The number of hydrogen-bond acceptors (Lipinski definition) is 3. The number of anilines is 1. The summed E-state index contributed by atoms with van der Waals surface area (Å²) in [7, 11) is 1.94. The Kier molecular flexibility index (Phi) is 3.51. The van der Waals surface area contributed by atoms with E-state index in [0.717, 1.165) is 24.2 Å². The average Bonchev–Trinajstić information content (AvgIpc) is 2.60. The third-order valence-corrected chi connectivity index (χ3v) is 3.17. The van der Waals surface area contributed by atoms with Gasteiger partial charge in [0.05, 0.1) is 12.3 Å². The molecule has 86 valence electrons. The van der Waals surface area contributed by atoms with Crippen LogP contribution in [0.1, 0.15) is 11.1 Å². The number of carbonyl (C=O) groups excluding carboxylic acids is 1. The van der Waals surface area contributed by atoms with Gasteiger partial charge in [-0.3, -0.25) is 4.79 Å². The molecular formula is C12H16N2OS. The van der Waals surface area contributed by atoms with E-state index in [9.17, 15) is 4.79 Å². The molecule has 0 spiro atoms. The van der Waals surface area contributed by atoms with E-state index in [1.165, 1.54) is 5.56 Å². The van der Waals surface area contributed by atoms with E-state index >= 15 is 0 Å². The van der Waals surface area contributed by atoms with Crippen LogP contribution in [0.25, 0.3) is 0 Å². The first kappa shape index (κ1) is 11.5.